The third kappa shape index (κ3) is 1.48. The van der Waals surface area contributed by atoms with Crippen LogP contribution < -0.4 is 0 Å². The maximum absolute atomic E-state index is 5.22. The Kier molecular flexibility index (Phi) is 1.99. The minimum atomic E-state index is -0.129. The van der Waals surface area contributed by atoms with Crippen molar-refractivity contribution in [2.45, 2.75) is 25.7 Å². The van der Waals surface area contributed by atoms with Crippen molar-refractivity contribution in [2.24, 2.45) is 0 Å². The Balaban J connectivity index is 1.83. The molecule has 3 nitrogen and oxygen atoms in total. The van der Waals surface area contributed by atoms with E-state index in [1.165, 1.54) is 19.3 Å². The van der Waals surface area contributed by atoms with Crippen molar-refractivity contribution < 1.29 is 9.47 Å². The van der Waals surface area contributed by atoms with Gasteiger partial charge in [0.05, 0.1) is 0 Å². The molecule has 0 aromatic rings. The van der Waals surface area contributed by atoms with Crippen LogP contribution in [-0.4, -0.2) is 24.4 Å². The van der Waals surface area contributed by atoms with Crippen LogP contribution in [0, 0.1) is 0 Å². The van der Waals surface area contributed by atoms with Crippen molar-refractivity contribution in [1.82, 2.24) is 4.90 Å². The molecule has 11 heavy (non-hydrogen) atoms. The zero-order valence-corrected chi connectivity index (χ0v) is 6.53. The molecule has 2 heterocycles. The average Bonchev–Trinajstić information content (AvgIpc) is 2.58. The second-order valence-corrected chi connectivity index (χ2v) is 2.95. The summed E-state index contributed by atoms with van der Waals surface area (Å²) >= 11 is 0. The van der Waals surface area contributed by atoms with E-state index in [1.807, 2.05) is 0 Å². The summed E-state index contributed by atoms with van der Waals surface area (Å²) in [6, 6.07) is 0. The minimum absolute atomic E-state index is 0.129. The monoisotopic (exact) mass is 155 g/mol. The van der Waals surface area contributed by atoms with Crippen LogP contribution in [0.25, 0.3) is 0 Å². The Morgan fingerprint density at radius 1 is 1.00 bits per heavy atom. The minimum Gasteiger partial charge on any atom is -0.446 e. The third-order valence-corrected chi connectivity index (χ3v) is 2.13. The van der Waals surface area contributed by atoms with Crippen molar-refractivity contribution >= 4 is 0 Å². The summed E-state index contributed by atoms with van der Waals surface area (Å²) < 4.78 is 10.4. The Morgan fingerprint density at radius 2 is 1.64 bits per heavy atom. The molecule has 0 N–H and O–H groups in total. The van der Waals surface area contributed by atoms with Gasteiger partial charge < -0.3 is 9.47 Å². The maximum atomic E-state index is 5.22. The number of rotatable bonds is 1. The van der Waals surface area contributed by atoms with Gasteiger partial charge >= 0.3 is 6.41 Å². The van der Waals surface area contributed by atoms with Gasteiger partial charge in [-0.15, -0.1) is 0 Å². The molecule has 3 heteroatoms. The van der Waals surface area contributed by atoms with Crippen LogP contribution in [0.15, 0.2) is 12.5 Å². The SMILES string of the molecule is C1=COC(N2CCCCC2)O1. The van der Waals surface area contributed by atoms with E-state index < -0.39 is 0 Å². The fraction of sp³-hybridized carbons (Fsp3) is 0.750. The number of hydrogen-bond donors (Lipinski definition) is 0. The predicted molar refractivity (Wildman–Crippen MR) is 40.5 cm³/mol. The highest BCUT2D eigenvalue weighted by Gasteiger charge is 2.23. The Hall–Kier alpha value is -0.700. The lowest BCUT2D eigenvalue weighted by Crippen LogP contribution is -2.39. The summed E-state index contributed by atoms with van der Waals surface area (Å²) in [6.45, 7) is 2.21. The van der Waals surface area contributed by atoms with Crippen LogP contribution in [0.2, 0.25) is 0 Å². The molecule has 0 radical (unpaired) electrons. The van der Waals surface area contributed by atoms with Crippen LogP contribution in [0.5, 0.6) is 0 Å². The van der Waals surface area contributed by atoms with Crippen LogP contribution in [-0.2, 0) is 9.47 Å². The molecule has 1 saturated heterocycles. The lowest BCUT2D eigenvalue weighted by molar-refractivity contribution is -0.144. The zero-order valence-electron chi connectivity index (χ0n) is 6.53. The van der Waals surface area contributed by atoms with E-state index in [0.717, 1.165) is 13.1 Å². The summed E-state index contributed by atoms with van der Waals surface area (Å²) in [5.74, 6) is 0. The first-order chi connectivity index (χ1) is 5.47. The molecule has 0 atom stereocenters. The Morgan fingerprint density at radius 3 is 2.27 bits per heavy atom. The van der Waals surface area contributed by atoms with Gasteiger partial charge in [-0.25, -0.2) is 4.90 Å². The van der Waals surface area contributed by atoms with Crippen molar-refractivity contribution in [2.75, 3.05) is 13.1 Å². The highest BCUT2D eigenvalue weighted by Crippen LogP contribution is 2.16. The van der Waals surface area contributed by atoms with Gasteiger partial charge in [0, 0.05) is 13.1 Å². The van der Waals surface area contributed by atoms with Crippen LogP contribution in [0.1, 0.15) is 19.3 Å². The summed E-state index contributed by atoms with van der Waals surface area (Å²) in [5.41, 5.74) is 0. The molecule has 0 aromatic heterocycles. The van der Waals surface area contributed by atoms with Crippen LogP contribution >= 0.6 is 0 Å². The van der Waals surface area contributed by atoms with Gasteiger partial charge in [0.2, 0.25) is 0 Å². The molecule has 2 aliphatic heterocycles. The topological polar surface area (TPSA) is 21.7 Å². The van der Waals surface area contributed by atoms with Gasteiger partial charge in [-0.2, -0.15) is 0 Å². The molecular weight excluding hydrogens is 142 g/mol. The van der Waals surface area contributed by atoms with E-state index in [2.05, 4.69) is 4.90 Å². The van der Waals surface area contributed by atoms with E-state index in [0.29, 0.717) is 0 Å². The van der Waals surface area contributed by atoms with Gasteiger partial charge in [0.25, 0.3) is 0 Å². The van der Waals surface area contributed by atoms with E-state index in [9.17, 15) is 0 Å². The summed E-state index contributed by atoms with van der Waals surface area (Å²) in [5, 5.41) is 0. The molecule has 0 amide bonds. The predicted octanol–water partition coefficient (Wildman–Crippen LogP) is 1.27. The maximum Gasteiger partial charge on any atom is 0.303 e. The summed E-state index contributed by atoms with van der Waals surface area (Å²) in [6.07, 6.45) is 6.97. The van der Waals surface area contributed by atoms with E-state index in [-0.39, 0.29) is 6.41 Å². The van der Waals surface area contributed by atoms with Gasteiger partial charge in [0.15, 0.2) is 0 Å². The van der Waals surface area contributed by atoms with E-state index in [4.69, 9.17) is 9.47 Å². The number of likely N-dealkylation sites (tertiary alicyclic amines) is 1. The lowest BCUT2D eigenvalue weighted by Gasteiger charge is -2.29. The number of piperidine rings is 1. The number of hydrogen-bond acceptors (Lipinski definition) is 3. The molecule has 2 aliphatic rings. The smallest absolute Gasteiger partial charge is 0.303 e. The first kappa shape index (κ1) is 6.98. The standard InChI is InChI=1S/C8H13NO2/c1-2-4-9(5-3-1)8-10-6-7-11-8/h6-8H,1-5H2. The molecule has 0 spiro atoms. The highest BCUT2D eigenvalue weighted by molar-refractivity contribution is 4.73. The highest BCUT2D eigenvalue weighted by atomic mass is 16.7. The molecule has 0 aliphatic carbocycles. The average molecular weight is 155 g/mol. The van der Waals surface area contributed by atoms with Gasteiger partial charge in [-0.05, 0) is 12.8 Å². The van der Waals surface area contributed by atoms with Gasteiger partial charge in [-0.3, -0.25) is 0 Å². The fourth-order valence-electron chi connectivity index (χ4n) is 1.53. The van der Waals surface area contributed by atoms with E-state index >= 15 is 0 Å². The second-order valence-electron chi connectivity index (χ2n) is 2.95. The summed E-state index contributed by atoms with van der Waals surface area (Å²) in [4.78, 5) is 2.23. The lowest BCUT2D eigenvalue weighted by atomic mass is 10.1. The first-order valence-corrected chi connectivity index (χ1v) is 4.17. The molecule has 0 saturated carbocycles. The second kappa shape index (κ2) is 3.13. The van der Waals surface area contributed by atoms with Crippen LogP contribution in [0.3, 0.4) is 0 Å². The van der Waals surface area contributed by atoms with Crippen molar-refractivity contribution in [3.63, 3.8) is 0 Å². The molecule has 0 bridgehead atoms. The Bertz CT molecular complexity index is 144. The van der Waals surface area contributed by atoms with Crippen LogP contribution in [0.4, 0.5) is 0 Å². The Labute approximate surface area is 66.6 Å². The molecular formula is C8H13NO2. The van der Waals surface area contributed by atoms with Gasteiger partial charge in [-0.1, -0.05) is 6.42 Å². The van der Waals surface area contributed by atoms with Crippen molar-refractivity contribution in [3.05, 3.63) is 12.5 Å². The molecule has 62 valence electrons. The number of ether oxygens (including phenoxy) is 2. The quantitative estimate of drug-likeness (QED) is 0.569. The van der Waals surface area contributed by atoms with Crippen molar-refractivity contribution in [1.29, 1.82) is 0 Å². The largest absolute Gasteiger partial charge is 0.446 e. The fourth-order valence-corrected chi connectivity index (χ4v) is 1.53. The first-order valence-electron chi connectivity index (χ1n) is 4.17. The normalized spacial score (nSPS) is 26.5. The molecule has 0 aromatic carbocycles. The number of nitrogens with zero attached hydrogens (tertiary/aromatic N) is 1. The zero-order chi connectivity index (χ0) is 7.52. The molecule has 0 unspecified atom stereocenters. The third-order valence-electron chi connectivity index (χ3n) is 2.13. The summed E-state index contributed by atoms with van der Waals surface area (Å²) in [7, 11) is 0. The van der Waals surface area contributed by atoms with Gasteiger partial charge in [0.1, 0.15) is 12.5 Å². The molecule has 2 rings (SSSR count). The van der Waals surface area contributed by atoms with E-state index in [1.54, 1.807) is 12.5 Å². The van der Waals surface area contributed by atoms with Crippen molar-refractivity contribution in [3.8, 4) is 0 Å². The molecule has 1 fully saturated rings.